The van der Waals surface area contributed by atoms with Crippen LogP contribution >= 0.6 is 26.6 Å². The topological polar surface area (TPSA) is 80.3 Å². The van der Waals surface area contributed by atoms with Crippen molar-refractivity contribution in [1.29, 1.82) is 0 Å². The summed E-state index contributed by atoms with van der Waals surface area (Å²) in [7, 11) is -2.14. The molecule has 18 heavy (non-hydrogen) atoms. The fourth-order valence-corrected chi connectivity index (χ4v) is 3.26. The number of rotatable bonds is 4. The minimum absolute atomic E-state index is 0.108. The first-order valence-corrected chi connectivity index (χ1v) is 9.45. The summed E-state index contributed by atoms with van der Waals surface area (Å²) in [6.07, 6.45) is 0. The molecule has 1 N–H and O–H groups in total. The zero-order chi connectivity index (χ0) is 14.1. The van der Waals surface area contributed by atoms with Crippen molar-refractivity contribution in [2.24, 2.45) is 0 Å². The Balaban J connectivity index is 3.16. The first-order chi connectivity index (χ1) is 8.04. The maximum Gasteiger partial charge on any atom is 0.261 e. The predicted octanol–water partition coefficient (Wildman–Crippen LogP) is 2.53. The molecular formula is C9H11BrClNO4S2. The van der Waals surface area contributed by atoms with Crippen LogP contribution in [0.2, 0.25) is 0 Å². The second kappa shape index (κ2) is 5.36. The van der Waals surface area contributed by atoms with Gasteiger partial charge in [-0.3, -0.25) is 4.72 Å². The monoisotopic (exact) mass is 375 g/mol. The van der Waals surface area contributed by atoms with Crippen molar-refractivity contribution in [1.82, 2.24) is 0 Å². The number of nitrogens with one attached hydrogen (secondary N) is 1. The van der Waals surface area contributed by atoms with Crippen LogP contribution in [0.4, 0.5) is 5.69 Å². The van der Waals surface area contributed by atoms with Crippen LogP contribution in [0.25, 0.3) is 0 Å². The lowest BCUT2D eigenvalue weighted by Gasteiger charge is -2.12. The van der Waals surface area contributed by atoms with Crippen LogP contribution in [0.5, 0.6) is 0 Å². The number of hydrogen-bond acceptors (Lipinski definition) is 4. The summed E-state index contributed by atoms with van der Waals surface area (Å²) < 4.78 is 48.2. The molecule has 0 aliphatic rings. The van der Waals surface area contributed by atoms with Gasteiger partial charge in [0, 0.05) is 15.2 Å². The van der Waals surface area contributed by atoms with Gasteiger partial charge in [-0.05, 0) is 48.0 Å². The molecule has 0 aliphatic heterocycles. The highest BCUT2D eigenvalue weighted by Gasteiger charge is 2.18. The maximum atomic E-state index is 11.7. The number of sulfonamides is 1. The van der Waals surface area contributed by atoms with Gasteiger partial charge < -0.3 is 0 Å². The molecule has 0 fully saturated rings. The minimum atomic E-state index is -3.84. The van der Waals surface area contributed by atoms with Gasteiger partial charge in [-0.15, -0.1) is 0 Å². The standard InChI is InChI=1S/C9H11BrClNO4S2/c1-6(2)18(15,16)12-9-4-3-7(5-8(9)10)17(11,13)14/h3-6,12H,1-2H3. The average molecular weight is 377 g/mol. The van der Waals surface area contributed by atoms with Crippen molar-refractivity contribution in [2.75, 3.05) is 4.72 Å². The van der Waals surface area contributed by atoms with Gasteiger partial charge in [0.2, 0.25) is 10.0 Å². The van der Waals surface area contributed by atoms with E-state index in [1.807, 2.05) is 0 Å². The Morgan fingerprint density at radius 1 is 1.22 bits per heavy atom. The van der Waals surface area contributed by atoms with Crippen molar-refractivity contribution in [2.45, 2.75) is 24.0 Å². The van der Waals surface area contributed by atoms with Gasteiger partial charge >= 0.3 is 0 Å². The highest BCUT2D eigenvalue weighted by Crippen LogP contribution is 2.28. The van der Waals surface area contributed by atoms with E-state index < -0.39 is 24.3 Å². The lowest BCUT2D eigenvalue weighted by Crippen LogP contribution is -2.22. The highest BCUT2D eigenvalue weighted by atomic mass is 79.9. The molecule has 0 aliphatic carbocycles. The molecule has 5 nitrogen and oxygen atoms in total. The second-order valence-corrected chi connectivity index (χ2v) is 9.43. The molecule has 0 aromatic heterocycles. The molecule has 0 saturated heterocycles. The Hall–Kier alpha value is -0.310. The smallest absolute Gasteiger partial charge is 0.261 e. The molecular weight excluding hydrogens is 366 g/mol. The molecule has 0 spiro atoms. The van der Waals surface area contributed by atoms with Crippen molar-refractivity contribution in [3.8, 4) is 0 Å². The molecule has 1 aromatic carbocycles. The Morgan fingerprint density at radius 3 is 2.17 bits per heavy atom. The third-order valence-corrected chi connectivity index (χ3v) is 5.85. The first-order valence-electron chi connectivity index (χ1n) is 4.80. The molecule has 9 heteroatoms. The fraction of sp³-hybridized carbons (Fsp3) is 0.333. The van der Waals surface area contributed by atoms with E-state index in [0.29, 0.717) is 4.47 Å². The summed E-state index contributed by atoms with van der Waals surface area (Å²) in [5, 5.41) is -0.596. The zero-order valence-corrected chi connectivity index (χ0v) is 13.5. The predicted molar refractivity (Wildman–Crippen MR) is 74.9 cm³/mol. The van der Waals surface area contributed by atoms with E-state index in [9.17, 15) is 16.8 Å². The van der Waals surface area contributed by atoms with Gasteiger partial charge in [0.25, 0.3) is 9.05 Å². The lowest BCUT2D eigenvalue weighted by molar-refractivity contribution is 0.592. The fourth-order valence-electron chi connectivity index (χ4n) is 1.00. The molecule has 0 unspecified atom stereocenters. The molecule has 0 bridgehead atoms. The van der Waals surface area contributed by atoms with Gasteiger partial charge in [0.1, 0.15) is 0 Å². The highest BCUT2D eigenvalue weighted by molar-refractivity contribution is 9.10. The molecule has 0 atom stereocenters. The van der Waals surface area contributed by atoms with Crippen molar-refractivity contribution < 1.29 is 16.8 Å². The largest absolute Gasteiger partial charge is 0.282 e. The average Bonchev–Trinajstić information content (AvgIpc) is 2.19. The lowest BCUT2D eigenvalue weighted by atomic mass is 10.3. The van der Waals surface area contributed by atoms with E-state index in [2.05, 4.69) is 20.7 Å². The maximum absolute atomic E-state index is 11.7. The summed E-state index contributed by atoms with van der Waals surface area (Å²) in [5.74, 6) is 0. The number of anilines is 1. The summed E-state index contributed by atoms with van der Waals surface area (Å²) in [4.78, 5) is -0.108. The molecule has 0 heterocycles. The summed E-state index contributed by atoms with van der Waals surface area (Å²) >= 11 is 3.09. The Labute approximate surface area is 119 Å². The quantitative estimate of drug-likeness (QED) is 0.819. The Kier molecular flexibility index (Phi) is 4.69. The summed E-state index contributed by atoms with van der Waals surface area (Å²) in [5.41, 5.74) is 0.257. The Morgan fingerprint density at radius 2 is 1.78 bits per heavy atom. The van der Waals surface area contributed by atoms with E-state index in [-0.39, 0.29) is 10.6 Å². The number of benzene rings is 1. The molecule has 0 radical (unpaired) electrons. The molecule has 0 saturated carbocycles. The van der Waals surface area contributed by atoms with Crippen LogP contribution in [0, 0.1) is 0 Å². The Bertz CT molecular complexity index is 655. The molecule has 1 rings (SSSR count). The van der Waals surface area contributed by atoms with E-state index in [0.717, 1.165) is 0 Å². The summed E-state index contributed by atoms with van der Waals surface area (Å²) in [6.45, 7) is 3.07. The van der Waals surface area contributed by atoms with Crippen LogP contribution in [-0.2, 0) is 19.1 Å². The zero-order valence-electron chi connectivity index (χ0n) is 9.51. The van der Waals surface area contributed by atoms with Crippen LogP contribution in [0.1, 0.15) is 13.8 Å². The van der Waals surface area contributed by atoms with E-state index in [1.54, 1.807) is 0 Å². The van der Waals surface area contributed by atoms with Gasteiger partial charge in [0.05, 0.1) is 15.8 Å². The minimum Gasteiger partial charge on any atom is -0.282 e. The molecule has 0 amide bonds. The SMILES string of the molecule is CC(C)S(=O)(=O)Nc1ccc(S(=O)(=O)Cl)cc1Br. The number of hydrogen-bond donors (Lipinski definition) is 1. The third kappa shape index (κ3) is 3.84. The van der Waals surface area contributed by atoms with Crippen LogP contribution in [0.3, 0.4) is 0 Å². The van der Waals surface area contributed by atoms with Crippen LogP contribution < -0.4 is 4.72 Å². The number of halogens is 2. The first kappa shape index (κ1) is 15.7. The van der Waals surface area contributed by atoms with Crippen LogP contribution in [0.15, 0.2) is 27.6 Å². The van der Waals surface area contributed by atoms with Crippen molar-refractivity contribution in [3.05, 3.63) is 22.7 Å². The third-order valence-electron chi connectivity index (χ3n) is 2.09. The van der Waals surface area contributed by atoms with Crippen molar-refractivity contribution in [3.63, 3.8) is 0 Å². The van der Waals surface area contributed by atoms with Gasteiger partial charge in [-0.1, -0.05) is 0 Å². The van der Waals surface area contributed by atoms with E-state index >= 15 is 0 Å². The van der Waals surface area contributed by atoms with E-state index in [1.165, 1.54) is 32.0 Å². The summed E-state index contributed by atoms with van der Waals surface area (Å²) in [6, 6.07) is 3.80. The second-order valence-electron chi connectivity index (χ2n) is 3.78. The molecule has 102 valence electrons. The molecule has 1 aromatic rings. The van der Waals surface area contributed by atoms with Gasteiger partial charge in [0.15, 0.2) is 0 Å². The van der Waals surface area contributed by atoms with Crippen molar-refractivity contribution >= 4 is 51.4 Å². The van der Waals surface area contributed by atoms with Gasteiger partial charge in [-0.25, -0.2) is 16.8 Å². The van der Waals surface area contributed by atoms with E-state index in [4.69, 9.17) is 10.7 Å². The normalized spacial score (nSPS) is 12.7. The van der Waals surface area contributed by atoms with Crippen LogP contribution in [-0.4, -0.2) is 22.1 Å². The van der Waals surface area contributed by atoms with Gasteiger partial charge in [-0.2, -0.15) is 0 Å².